The largest absolute Gasteiger partial charge is 0.494 e. The third-order valence-corrected chi connectivity index (χ3v) is 12.1. The number of hydrogen-bond donors (Lipinski definition) is 4. The fraction of sp³-hybridized carbons (Fsp3) is 0.386. The molecule has 1 saturated heterocycles. The van der Waals surface area contributed by atoms with Crippen LogP contribution in [0.3, 0.4) is 0 Å². The summed E-state index contributed by atoms with van der Waals surface area (Å²) in [6.07, 6.45) is 4.92. The number of imidazole rings is 2. The number of primary amides is 2. The number of nitrogens with two attached hydrogens (primary N) is 2. The first-order chi connectivity index (χ1) is 31.2. The van der Waals surface area contributed by atoms with Crippen LogP contribution in [0.15, 0.2) is 42.5 Å². The highest BCUT2D eigenvalue weighted by Crippen LogP contribution is 2.33. The predicted molar refractivity (Wildman–Crippen MR) is 246 cm³/mol. The van der Waals surface area contributed by atoms with Crippen LogP contribution >= 0.6 is 11.3 Å². The number of amides is 5. The summed E-state index contributed by atoms with van der Waals surface area (Å²) in [7, 11) is 1.46. The topological polar surface area (TPSA) is 253 Å². The lowest BCUT2D eigenvalue weighted by Crippen LogP contribution is -2.48. The van der Waals surface area contributed by atoms with E-state index in [9.17, 15) is 24.0 Å². The van der Waals surface area contributed by atoms with Crippen molar-refractivity contribution < 1.29 is 33.4 Å². The Morgan fingerprint density at radius 1 is 0.800 bits per heavy atom. The summed E-state index contributed by atoms with van der Waals surface area (Å²) in [5, 5.41) is 11.1. The number of aryl methyl sites for hydroxylation is 4. The van der Waals surface area contributed by atoms with Crippen LogP contribution in [0.4, 0.5) is 11.9 Å². The van der Waals surface area contributed by atoms with Gasteiger partial charge in [0.25, 0.3) is 11.8 Å². The van der Waals surface area contributed by atoms with Gasteiger partial charge in [0.2, 0.25) is 29.6 Å². The van der Waals surface area contributed by atoms with Crippen LogP contribution in [-0.4, -0.2) is 120 Å². The molecule has 0 aliphatic carbocycles. The zero-order valence-electron chi connectivity index (χ0n) is 37.3. The highest BCUT2D eigenvalue weighted by molar-refractivity contribution is 7.13. The molecule has 0 radical (unpaired) electrons. The van der Waals surface area contributed by atoms with E-state index in [4.69, 9.17) is 30.9 Å². The SMILES string of the molecule is CCc1nc(C)sc1C(=O)Nc1nc2cc(C(N)=O)cc(OCCCN3CCN(C(C)=O)CC3)c2n1C/C=C/Cn1c(NC(=O)c2cc(C)nn2CC)nc2cc(C(N)=O)cc(OC)c21. The molecule has 0 saturated carbocycles. The van der Waals surface area contributed by atoms with Gasteiger partial charge >= 0.3 is 0 Å². The van der Waals surface area contributed by atoms with Gasteiger partial charge in [-0.25, -0.2) is 15.0 Å². The Bertz CT molecular complexity index is 2830. The summed E-state index contributed by atoms with van der Waals surface area (Å²) in [6.45, 7) is 13.7. The minimum Gasteiger partial charge on any atom is -0.494 e. The van der Waals surface area contributed by atoms with E-state index in [1.54, 1.807) is 45.9 Å². The molecule has 0 unspecified atom stereocenters. The number of nitrogens with zero attached hydrogens (tertiary/aromatic N) is 9. The number of anilines is 2. The Hall–Kier alpha value is -7.13. The molecule has 20 nitrogen and oxygen atoms in total. The van der Waals surface area contributed by atoms with Crippen LogP contribution in [0.1, 0.15) is 84.5 Å². The average Bonchev–Trinajstić information content (AvgIpc) is 4.05. The van der Waals surface area contributed by atoms with Gasteiger partial charge in [0.15, 0.2) is 0 Å². The van der Waals surface area contributed by atoms with Crippen LogP contribution < -0.4 is 31.6 Å². The van der Waals surface area contributed by atoms with Crippen LogP contribution in [0.25, 0.3) is 22.1 Å². The fourth-order valence-electron chi connectivity index (χ4n) is 7.85. The quantitative estimate of drug-likeness (QED) is 0.0702. The van der Waals surface area contributed by atoms with Gasteiger partial charge in [-0.15, -0.1) is 11.3 Å². The lowest BCUT2D eigenvalue weighted by atomic mass is 10.1. The van der Waals surface area contributed by atoms with Gasteiger partial charge in [-0.05, 0) is 63.9 Å². The second-order valence-corrected chi connectivity index (χ2v) is 16.7. The van der Waals surface area contributed by atoms with E-state index in [0.717, 1.165) is 24.6 Å². The molecule has 1 aliphatic rings. The molecule has 21 heteroatoms. The van der Waals surface area contributed by atoms with Gasteiger partial charge in [0, 0.05) is 70.4 Å². The molecule has 1 fully saturated rings. The first kappa shape index (κ1) is 45.9. The van der Waals surface area contributed by atoms with Crippen LogP contribution in [0, 0.1) is 13.8 Å². The maximum atomic E-state index is 13.9. The van der Waals surface area contributed by atoms with Crippen LogP contribution in [-0.2, 0) is 30.8 Å². The number of thiazole rings is 1. The third kappa shape index (κ3) is 10.00. The van der Waals surface area contributed by atoms with Gasteiger partial charge in [-0.2, -0.15) is 5.10 Å². The maximum Gasteiger partial charge on any atom is 0.276 e. The van der Waals surface area contributed by atoms with Crippen LogP contribution in [0.5, 0.6) is 11.5 Å². The average molecular weight is 908 g/mol. The van der Waals surface area contributed by atoms with Gasteiger partial charge < -0.3 is 35.0 Å². The number of carbonyl (C=O) groups is 5. The summed E-state index contributed by atoms with van der Waals surface area (Å²) < 4.78 is 17.2. The molecule has 0 atom stereocenters. The maximum absolute atomic E-state index is 13.9. The number of aromatic nitrogens is 7. The number of nitrogens with one attached hydrogen (secondary N) is 2. The van der Waals surface area contributed by atoms with Crippen LogP contribution in [0.2, 0.25) is 0 Å². The smallest absolute Gasteiger partial charge is 0.276 e. The molecule has 5 amide bonds. The molecule has 6 N–H and O–H groups in total. The standard InChI is InChI=1S/C44H53N13O7S/c1-7-30-38(65-26(4)47-30)42(62)51-44-49-32-22-29(40(46)60)24-35(64-19-11-12-53-15-17-54(18-16-53)27(5)58)37(32)56(44)14-10-9-13-55-36-31(21-28(39(45)59)23-34(36)63-6)48-43(55)50-41(61)33-20-25(3)52-57(33)8-2/h9-10,20-24H,7-8,11-19H2,1-6H3,(H2,45,59)(H2,46,60)(H,48,50,61)(H,49,51,62)/b10-9+. The zero-order chi connectivity index (χ0) is 46.5. The van der Waals surface area contributed by atoms with E-state index in [-0.39, 0.29) is 47.9 Å². The van der Waals surface area contributed by atoms with E-state index in [2.05, 4.69) is 25.6 Å². The number of methoxy groups -OCH3 is 1. The fourth-order valence-corrected chi connectivity index (χ4v) is 8.76. The van der Waals surface area contributed by atoms with E-state index in [1.807, 2.05) is 37.8 Å². The molecular weight excluding hydrogens is 855 g/mol. The van der Waals surface area contributed by atoms with Crippen molar-refractivity contribution in [2.75, 3.05) is 57.1 Å². The van der Waals surface area contributed by atoms with Crippen molar-refractivity contribution in [1.82, 2.24) is 43.7 Å². The van der Waals surface area contributed by atoms with Crippen molar-refractivity contribution in [2.24, 2.45) is 11.5 Å². The summed E-state index contributed by atoms with van der Waals surface area (Å²) in [4.78, 5) is 82.9. The minimum absolute atomic E-state index is 0.0670. The van der Waals surface area contributed by atoms with E-state index >= 15 is 0 Å². The Labute approximate surface area is 378 Å². The number of carbonyl (C=O) groups excluding carboxylic acids is 5. The van der Waals surface area contributed by atoms with Crippen molar-refractivity contribution in [3.8, 4) is 11.5 Å². The highest BCUT2D eigenvalue weighted by atomic mass is 32.1. The first-order valence-corrected chi connectivity index (χ1v) is 22.1. The summed E-state index contributed by atoms with van der Waals surface area (Å²) in [5.41, 5.74) is 15.2. The lowest BCUT2D eigenvalue weighted by Gasteiger charge is -2.34. The van der Waals surface area contributed by atoms with Crippen molar-refractivity contribution in [3.63, 3.8) is 0 Å². The molecule has 4 aromatic heterocycles. The molecule has 5 heterocycles. The van der Waals surface area contributed by atoms with Crippen molar-refractivity contribution in [1.29, 1.82) is 0 Å². The Balaban J connectivity index is 1.23. The predicted octanol–water partition coefficient (Wildman–Crippen LogP) is 4.14. The summed E-state index contributed by atoms with van der Waals surface area (Å²) in [6, 6.07) is 7.88. The van der Waals surface area contributed by atoms with Crippen molar-refractivity contribution in [3.05, 3.63) is 80.6 Å². The number of allylic oxidation sites excluding steroid dienone is 2. The second-order valence-electron chi connectivity index (χ2n) is 15.5. The summed E-state index contributed by atoms with van der Waals surface area (Å²) >= 11 is 1.29. The number of piperazine rings is 1. The first-order valence-electron chi connectivity index (χ1n) is 21.3. The molecule has 2 aromatic carbocycles. The Morgan fingerprint density at radius 3 is 1.94 bits per heavy atom. The number of benzene rings is 2. The summed E-state index contributed by atoms with van der Waals surface area (Å²) in [5.74, 6) is -1.06. The lowest BCUT2D eigenvalue weighted by molar-refractivity contribution is -0.130. The number of rotatable bonds is 18. The highest BCUT2D eigenvalue weighted by Gasteiger charge is 2.25. The number of hydrogen-bond acceptors (Lipinski definition) is 13. The molecule has 7 rings (SSSR count). The molecule has 0 bridgehead atoms. The second kappa shape index (κ2) is 19.7. The van der Waals surface area contributed by atoms with Gasteiger partial charge in [-0.3, -0.25) is 44.2 Å². The van der Waals surface area contributed by atoms with Gasteiger partial charge in [0.05, 0.1) is 41.1 Å². The normalized spacial score (nSPS) is 13.2. The van der Waals surface area contributed by atoms with Gasteiger partial charge in [0.1, 0.15) is 33.1 Å². The van der Waals surface area contributed by atoms with E-state index < -0.39 is 17.7 Å². The monoisotopic (exact) mass is 907 g/mol. The Morgan fingerprint density at radius 2 is 1.38 bits per heavy atom. The Kier molecular flexibility index (Phi) is 13.9. The number of fused-ring (bicyclic) bond motifs is 2. The molecule has 342 valence electrons. The van der Waals surface area contributed by atoms with E-state index in [0.29, 0.717) is 94.6 Å². The van der Waals surface area contributed by atoms with E-state index in [1.165, 1.54) is 30.6 Å². The zero-order valence-corrected chi connectivity index (χ0v) is 38.1. The molecule has 65 heavy (non-hydrogen) atoms. The molecule has 1 aliphatic heterocycles. The number of ether oxygens (including phenoxy) is 2. The molecule has 6 aromatic rings. The van der Waals surface area contributed by atoms with Crippen molar-refractivity contribution >= 4 is 74.8 Å². The molecule has 0 spiro atoms. The molecular formula is C44H53N13O7S. The third-order valence-electron chi connectivity index (χ3n) is 11.1. The minimum atomic E-state index is -0.671. The van der Waals surface area contributed by atoms with Crippen molar-refractivity contribution in [2.45, 2.75) is 67.1 Å². The van der Waals surface area contributed by atoms with Gasteiger partial charge in [-0.1, -0.05) is 19.1 Å².